The number of hydrogen-bond donors (Lipinski definition) is 0. The number of rotatable bonds is 7. The minimum absolute atomic E-state index is 0.0736. The minimum atomic E-state index is -3.61. The van der Waals surface area contributed by atoms with Gasteiger partial charge in [-0.1, -0.05) is 12.1 Å². The van der Waals surface area contributed by atoms with Gasteiger partial charge in [-0.2, -0.15) is 0 Å². The van der Waals surface area contributed by atoms with E-state index < -0.39 is 20.9 Å². The molecule has 1 aliphatic rings. The largest absolute Gasteiger partial charge is 0.457 e. The van der Waals surface area contributed by atoms with Crippen molar-refractivity contribution in [3.8, 4) is 0 Å². The Kier molecular flexibility index (Phi) is 6.91. The molecule has 0 N–H and O–H groups in total. The second kappa shape index (κ2) is 9.44. The third-order valence-electron chi connectivity index (χ3n) is 5.15. The zero-order valence-electron chi connectivity index (χ0n) is 17.5. The molecule has 0 aromatic heterocycles. The predicted octanol–water partition coefficient (Wildman–Crippen LogP) is 3.19. The number of ether oxygens (including phenoxy) is 1. The van der Waals surface area contributed by atoms with Crippen LogP contribution in [0.15, 0.2) is 47.4 Å². The second-order valence-corrected chi connectivity index (χ2v) is 9.67. The summed E-state index contributed by atoms with van der Waals surface area (Å²) in [6, 6.07) is 10.4. The molecule has 2 aromatic carbocycles. The molecular weight excluding hydrogens is 422 g/mol. The van der Waals surface area contributed by atoms with Gasteiger partial charge in [0, 0.05) is 33.3 Å². The number of sulfonamides is 1. The molecule has 9 nitrogen and oxygen atoms in total. The molecule has 3 rings (SSSR count). The Hall–Kier alpha value is -2.98. The summed E-state index contributed by atoms with van der Waals surface area (Å²) in [5.41, 5.74) is 0.943. The quantitative estimate of drug-likeness (QED) is 0.364. The summed E-state index contributed by atoms with van der Waals surface area (Å²) in [7, 11) is -0.742. The van der Waals surface area contributed by atoms with Crippen LogP contribution >= 0.6 is 0 Å². The lowest BCUT2D eigenvalue weighted by Crippen LogP contribution is -2.30. The van der Waals surface area contributed by atoms with Crippen molar-refractivity contribution in [3.05, 3.63) is 63.7 Å². The van der Waals surface area contributed by atoms with Crippen LogP contribution in [0.4, 0.5) is 11.4 Å². The van der Waals surface area contributed by atoms with Crippen LogP contribution in [0.3, 0.4) is 0 Å². The number of carbonyl (C=O) groups is 1. The lowest BCUT2D eigenvalue weighted by molar-refractivity contribution is -0.384. The molecule has 0 unspecified atom stereocenters. The van der Waals surface area contributed by atoms with Crippen molar-refractivity contribution < 1.29 is 22.9 Å². The van der Waals surface area contributed by atoms with E-state index in [1.807, 2.05) is 4.90 Å². The van der Waals surface area contributed by atoms with Crippen molar-refractivity contribution in [3.63, 3.8) is 0 Å². The SMILES string of the molecule is CN(C)S(=O)(=O)c1cccc(COC(=O)c2ccc(N3CCCCC3)c([N+](=O)[O-])c2)c1. The van der Waals surface area contributed by atoms with Gasteiger partial charge in [0.1, 0.15) is 12.3 Å². The third-order valence-corrected chi connectivity index (χ3v) is 6.96. The van der Waals surface area contributed by atoms with Gasteiger partial charge in [-0.15, -0.1) is 0 Å². The molecule has 2 aromatic rings. The maximum absolute atomic E-state index is 12.5. The van der Waals surface area contributed by atoms with Crippen LogP contribution in [0.2, 0.25) is 0 Å². The zero-order valence-corrected chi connectivity index (χ0v) is 18.3. The lowest BCUT2D eigenvalue weighted by Gasteiger charge is -2.28. The van der Waals surface area contributed by atoms with Crippen molar-refractivity contribution in [2.45, 2.75) is 30.8 Å². The first-order chi connectivity index (χ1) is 14.7. The average molecular weight is 448 g/mol. The molecule has 0 saturated carbocycles. The molecule has 1 fully saturated rings. The van der Waals surface area contributed by atoms with Crippen LogP contribution in [-0.4, -0.2) is 50.8 Å². The number of hydrogen-bond acceptors (Lipinski definition) is 7. The van der Waals surface area contributed by atoms with Gasteiger partial charge >= 0.3 is 5.97 Å². The van der Waals surface area contributed by atoms with Crippen LogP contribution in [0, 0.1) is 10.1 Å². The number of nitro groups is 1. The monoisotopic (exact) mass is 447 g/mol. The molecule has 0 atom stereocenters. The molecule has 0 radical (unpaired) electrons. The highest BCUT2D eigenvalue weighted by Gasteiger charge is 2.24. The Morgan fingerprint density at radius 2 is 1.84 bits per heavy atom. The molecule has 0 spiro atoms. The molecule has 0 amide bonds. The first-order valence-electron chi connectivity index (χ1n) is 9.92. The highest BCUT2D eigenvalue weighted by molar-refractivity contribution is 7.89. The zero-order chi connectivity index (χ0) is 22.6. The normalized spacial score (nSPS) is 14.5. The molecule has 0 aliphatic carbocycles. The predicted molar refractivity (Wildman–Crippen MR) is 116 cm³/mol. The third kappa shape index (κ3) is 5.20. The molecular formula is C21H25N3O6S. The summed E-state index contributed by atoms with van der Waals surface area (Å²) in [5.74, 6) is -0.714. The Morgan fingerprint density at radius 3 is 2.48 bits per heavy atom. The van der Waals surface area contributed by atoms with Crippen LogP contribution in [0.1, 0.15) is 35.2 Å². The summed E-state index contributed by atoms with van der Waals surface area (Å²) >= 11 is 0. The van der Waals surface area contributed by atoms with E-state index in [1.54, 1.807) is 18.2 Å². The van der Waals surface area contributed by atoms with Crippen molar-refractivity contribution >= 4 is 27.4 Å². The van der Waals surface area contributed by atoms with Crippen LogP contribution in [0.5, 0.6) is 0 Å². The molecule has 1 heterocycles. The van der Waals surface area contributed by atoms with E-state index >= 15 is 0 Å². The van der Waals surface area contributed by atoms with Gasteiger partial charge in [-0.05, 0) is 49.1 Å². The van der Waals surface area contributed by atoms with E-state index in [1.165, 1.54) is 38.4 Å². The molecule has 1 aliphatic heterocycles. The standard InChI is InChI=1S/C21H25N3O6S/c1-22(2)31(28,29)18-8-6-7-16(13-18)15-30-21(25)17-9-10-19(20(14-17)24(26)27)23-11-4-3-5-12-23/h6-10,13-14H,3-5,11-12,15H2,1-2H3. The van der Waals surface area contributed by atoms with Gasteiger partial charge in [-0.25, -0.2) is 17.5 Å². The molecule has 1 saturated heterocycles. The van der Waals surface area contributed by atoms with Gasteiger partial charge < -0.3 is 9.64 Å². The second-order valence-electron chi connectivity index (χ2n) is 7.52. The van der Waals surface area contributed by atoms with Gasteiger partial charge in [0.25, 0.3) is 5.69 Å². The Morgan fingerprint density at radius 1 is 1.13 bits per heavy atom. The van der Waals surface area contributed by atoms with E-state index in [-0.39, 0.29) is 22.8 Å². The summed E-state index contributed by atoms with van der Waals surface area (Å²) in [6.45, 7) is 1.34. The first-order valence-corrected chi connectivity index (χ1v) is 11.4. The topological polar surface area (TPSA) is 110 Å². The van der Waals surface area contributed by atoms with Gasteiger partial charge in [-0.3, -0.25) is 10.1 Å². The summed E-state index contributed by atoms with van der Waals surface area (Å²) in [5, 5.41) is 11.6. The van der Waals surface area contributed by atoms with E-state index in [2.05, 4.69) is 0 Å². The minimum Gasteiger partial charge on any atom is -0.457 e. The van der Waals surface area contributed by atoms with Crippen molar-refractivity contribution in [2.24, 2.45) is 0 Å². The Labute approximate surface area is 181 Å². The number of nitrogens with zero attached hydrogens (tertiary/aromatic N) is 3. The van der Waals surface area contributed by atoms with Gasteiger partial charge in [0.2, 0.25) is 10.0 Å². The smallest absolute Gasteiger partial charge is 0.338 e. The highest BCUT2D eigenvalue weighted by atomic mass is 32.2. The first kappa shape index (κ1) is 22.7. The fourth-order valence-corrected chi connectivity index (χ4v) is 4.41. The number of carbonyl (C=O) groups excluding carboxylic acids is 1. The highest BCUT2D eigenvalue weighted by Crippen LogP contribution is 2.31. The van der Waals surface area contributed by atoms with E-state index in [0.29, 0.717) is 11.3 Å². The number of benzene rings is 2. The molecule has 166 valence electrons. The number of anilines is 1. The van der Waals surface area contributed by atoms with Crippen LogP contribution in [-0.2, 0) is 21.4 Å². The molecule has 10 heteroatoms. The number of piperidine rings is 1. The Bertz CT molecular complexity index is 1080. The summed E-state index contributed by atoms with van der Waals surface area (Å²) in [4.78, 5) is 25.6. The van der Waals surface area contributed by atoms with Crippen molar-refractivity contribution in [2.75, 3.05) is 32.1 Å². The fourth-order valence-electron chi connectivity index (χ4n) is 3.44. The summed E-state index contributed by atoms with van der Waals surface area (Å²) < 4.78 is 30.9. The Balaban J connectivity index is 1.75. The van der Waals surface area contributed by atoms with E-state index in [9.17, 15) is 23.3 Å². The summed E-state index contributed by atoms with van der Waals surface area (Å²) in [6.07, 6.45) is 3.05. The van der Waals surface area contributed by atoms with Gasteiger partial charge in [0.15, 0.2) is 0 Å². The van der Waals surface area contributed by atoms with Crippen LogP contribution < -0.4 is 4.90 Å². The van der Waals surface area contributed by atoms with Gasteiger partial charge in [0.05, 0.1) is 15.4 Å². The maximum Gasteiger partial charge on any atom is 0.338 e. The molecule has 0 bridgehead atoms. The lowest BCUT2D eigenvalue weighted by atomic mass is 10.1. The van der Waals surface area contributed by atoms with Crippen molar-refractivity contribution in [1.29, 1.82) is 0 Å². The fraction of sp³-hybridized carbons (Fsp3) is 0.381. The average Bonchev–Trinajstić information content (AvgIpc) is 2.77. The number of esters is 1. The van der Waals surface area contributed by atoms with Crippen molar-refractivity contribution in [1.82, 2.24) is 4.31 Å². The molecule has 31 heavy (non-hydrogen) atoms. The van der Waals surface area contributed by atoms with Crippen LogP contribution in [0.25, 0.3) is 0 Å². The van der Waals surface area contributed by atoms with E-state index in [4.69, 9.17) is 4.74 Å². The number of nitro benzene ring substituents is 1. The van der Waals surface area contributed by atoms with E-state index in [0.717, 1.165) is 36.7 Å². The maximum atomic E-state index is 12.5.